The van der Waals surface area contributed by atoms with Crippen LogP contribution in [0.4, 0.5) is 5.69 Å². The quantitative estimate of drug-likeness (QED) is 0.823. The number of carbonyl (C=O) groups is 1. The van der Waals surface area contributed by atoms with Crippen molar-refractivity contribution in [2.45, 2.75) is 26.3 Å². The van der Waals surface area contributed by atoms with Crippen molar-refractivity contribution in [1.82, 2.24) is 10.3 Å². The highest BCUT2D eigenvalue weighted by molar-refractivity contribution is 9.10. The normalized spacial score (nSPS) is 12.2. The van der Waals surface area contributed by atoms with E-state index >= 15 is 0 Å². The highest BCUT2D eigenvalue weighted by Gasteiger charge is 2.18. The molecule has 0 bridgehead atoms. The molecule has 0 fully saturated rings. The lowest BCUT2D eigenvalue weighted by Gasteiger charge is -2.16. The predicted molar refractivity (Wildman–Crippen MR) is 85.9 cm³/mol. The maximum atomic E-state index is 12.4. The number of benzene rings is 1. The number of nitrogen functional groups attached to an aromatic ring is 1. The number of aromatic nitrogens is 1. The lowest BCUT2D eigenvalue weighted by molar-refractivity contribution is 0.0935. The third kappa shape index (κ3) is 3.19. The maximum Gasteiger partial charge on any atom is 0.252 e. The molecule has 2 rings (SSSR count). The minimum Gasteiger partial charge on any atom is -0.398 e. The number of nitrogens with two attached hydrogens (primary N) is 1. The van der Waals surface area contributed by atoms with Crippen LogP contribution in [0, 0.1) is 6.92 Å². The molecule has 1 aromatic carbocycles. The van der Waals surface area contributed by atoms with E-state index in [1.807, 2.05) is 19.2 Å². The van der Waals surface area contributed by atoms with Crippen LogP contribution < -0.4 is 11.1 Å². The predicted octanol–water partition coefficient (Wildman–Crippen LogP) is 3.68. The van der Waals surface area contributed by atoms with Crippen molar-refractivity contribution in [1.29, 1.82) is 0 Å². The fourth-order valence-corrected chi connectivity index (χ4v) is 3.17. The summed E-state index contributed by atoms with van der Waals surface area (Å²) in [5.74, 6) is -0.127. The second-order valence-corrected chi connectivity index (χ2v) is 6.31. The van der Waals surface area contributed by atoms with Gasteiger partial charge in [0.1, 0.15) is 5.01 Å². The van der Waals surface area contributed by atoms with E-state index < -0.39 is 0 Å². The molecule has 0 saturated carbocycles. The van der Waals surface area contributed by atoms with Gasteiger partial charge in [-0.1, -0.05) is 22.9 Å². The van der Waals surface area contributed by atoms with E-state index in [0.717, 1.165) is 21.5 Å². The van der Waals surface area contributed by atoms with Crippen LogP contribution in [0.15, 0.2) is 28.2 Å². The lowest BCUT2D eigenvalue weighted by Crippen LogP contribution is -2.28. The molecule has 20 heavy (non-hydrogen) atoms. The second-order valence-electron chi connectivity index (χ2n) is 4.47. The second kappa shape index (κ2) is 6.37. The van der Waals surface area contributed by atoms with Gasteiger partial charge >= 0.3 is 0 Å². The molecule has 1 atom stereocenters. The third-order valence-corrected chi connectivity index (χ3v) is 4.47. The molecule has 106 valence electrons. The average Bonchev–Trinajstić information content (AvgIpc) is 2.93. The molecular formula is C14H16BrN3OS. The van der Waals surface area contributed by atoms with E-state index in [4.69, 9.17) is 5.73 Å². The maximum absolute atomic E-state index is 12.4. The molecule has 3 N–H and O–H groups in total. The van der Waals surface area contributed by atoms with Crippen molar-refractivity contribution in [2.75, 3.05) is 5.73 Å². The van der Waals surface area contributed by atoms with Gasteiger partial charge in [-0.25, -0.2) is 4.98 Å². The average molecular weight is 354 g/mol. The van der Waals surface area contributed by atoms with Crippen molar-refractivity contribution < 1.29 is 4.79 Å². The molecule has 1 heterocycles. The van der Waals surface area contributed by atoms with Crippen LogP contribution >= 0.6 is 27.3 Å². The molecule has 4 nitrogen and oxygen atoms in total. The first-order valence-corrected chi connectivity index (χ1v) is 7.96. The zero-order valence-corrected chi connectivity index (χ0v) is 13.7. The van der Waals surface area contributed by atoms with Crippen LogP contribution in [0.3, 0.4) is 0 Å². The number of nitrogens with zero attached hydrogens (tertiary/aromatic N) is 1. The molecule has 0 aliphatic carbocycles. The van der Waals surface area contributed by atoms with Gasteiger partial charge < -0.3 is 11.1 Å². The molecule has 0 radical (unpaired) electrons. The van der Waals surface area contributed by atoms with Gasteiger partial charge in [-0.05, 0) is 31.0 Å². The molecule has 1 unspecified atom stereocenters. The Bertz CT molecular complexity index is 613. The number of carbonyl (C=O) groups excluding carboxylic acids is 1. The topological polar surface area (TPSA) is 68.0 Å². The molecule has 2 aromatic rings. The Labute approximate surface area is 130 Å². The SMILES string of the molecule is CCC(NC(=O)c1cc(Br)cc(N)c1C)c1nccs1. The monoisotopic (exact) mass is 353 g/mol. The number of hydrogen-bond donors (Lipinski definition) is 2. The van der Waals surface area contributed by atoms with Gasteiger partial charge in [-0.3, -0.25) is 4.79 Å². The van der Waals surface area contributed by atoms with Crippen LogP contribution in [0.1, 0.15) is 40.3 Å². The van der Waals surface area contributed by atoms with Crippen LogP contribution in [0.2, 0.25) is 0 Å². The van der Waals surface area contributed by atoms with E-state index in [9.17, 15) is 4.79 Å². The highest BCUT2D eigenvalue weighted by atomic mass is 79.9. The van der Waals surface area contributed by atoms with Crippen LogP contribution in [0.5, 0.6) is 0 Å². The zero-order valence-electron chi connectivity index (χ0n) is 11.3. The summed E-state index contributed by atoms with van der Waals surface area (Å²) in [4.78, 5) is 16.7. The van der Waals surface area contributed by atoms with Gasteiger partial charge in [-0.15, -0.1) is 11.3 Å². The van der Waals surface area contributed by atoms with E-state index in [1.54, 1.807) is 29.7 Å². The molecule has 0 spiro atoms. The molecule has 6 heteroatoms. The van der Waals surface area contributed by atoms with Gasteiger partial charge in [-0.2, -0.15) is 0 Å². The van der Waals surface area contributed by atoms with Crippen LogP contribution in [0.25, 0.3) is 0 Å². The first-order valence-electron chi connectivity index (χ1n) is 6.28. The van der Waals surface area contributed by atoms with Crippen LogP contribution in [-0.4, -0.2) is 10.9 Å². The van der Waals surface area contributed by atoms with Gasteiger partial charge in [0.05, 0.1) is 6.04 Å². The fraction of sp³-hybridized carbons (Fsp3) is 0.286. The van der Waals surface area contributed by atoms with Crippen LogP contribution in [-0.2, 0) is 0 Å². The largest absolute Gasteiger partial charge is 0.398 e. The van der Waals surface area contributed by atoms with Gasteiger partial charge in [0.2, 0.25) is 0 Å². The Morgan fingerprint density at radius 3 is 2.90 bits per heavy atom. The van der Waals surface area contributed by atoms with Gasteiger partial charge in [0.15, 0.2) is 0 Å². The summed E-state index contributed by atoms with van der Waals surface area (Å²) in [5.41, 5.74) is 7.88. The van der Waals surface area contributed by atoms with E-state index in [1.165, 1.54) is 0 Å². The third-order valence-electron chi connectivity index (χ3n) is 3.12. The number of anilines is 1. The number of halogens is 1. The fourth-order valence-electron chi connectivity index (χ4n) is 1.92. The number of thiazole rings is 1. The highest BCUT2D eigenvalue weighted by Crippen LogP contribution is 2.24. The molecule has 0 saturated heterocycles. The minimum atomic E-state index is -0.127. The van der Waals surface area contributed by atoms with E-state index in [2.05, 4.69) is 26.2 Å². The molecule has 0 aliphatic heterocycles. The Hall–Kier alpha value is -1.40. The summed E-state index contributed by atoms with van der Waals surface area (Å²) in [5, 5.41) is 5.84. The first kappa shape index (κ1) is 15.0. The van der Waals surface area contributed by atoms with Crippen molar-refractivity contribution >= 4 is 38.9 Å². The molecular weight excluding hydrogens is 338 g/mol. The molecule has 0 aliphatic rings. The summed E-state index contributed by atoms with van der Waals surface area (Å²) in [7, 11) is 0. The number of amides is 1. The summed E-state index contributed by atoms with van der Waals surface area (Å²) in [6.45, 7) is 3.87. The number of nitrogens with one attached hydrogen (secondary N) is 1. The minimum absolute atomic E-state index is 0.0675. The van der Waals surface area contributed by atoms with Crippen molar-refractivity contribution in [3.8, 4) is 0 Å². The number of rotatable bonds is 4. The van der Waals surface area contributed by atoms with Crippen molar-refractivity contribution in [2.24, 2.45) is 0 Å². The summed E-state index contributed by atoms with van der Waals surface area (Å²) >= 11 is 4.91. The van der Waals surface area contributed by atoms with E-state index in [0.29, 0.717) is 11.3 Å². The summed E-state index contributed by atoms with van der Waals surface area (Å²) < 4.78 is 0.799. The zero-order chi connectivity index (χ0) is 14.7. The summed E-state index contributed by atoms with van der Waals surface area (Å²) in [6.07, 6.45) is 2.54. The summed E-state index contributed by atoms with van der Waals surface area (Å²) in [6, 6.07) is 3.52. The molecule has 1 aromatic heterocycles. The van der Waals surface area contributed by atoms with E-state index in [-0.39, 0.29) is 11.9 Å². The first-order chi connectivity index (χ1) is 9.52. The smallest absolute Gasteiger partial charge is 0.252 e. The number of hydrogen-bond acceptors (Lipinski definition) is 4. The van der Waals surface area contributed by atoms with Crippen molar-refractivity contribution in [3.05, 3.63) is 44.3 Å². The molecule has 1 amide bonds. The lowest BCUT2D eigenvalue weighted by atomic mass is 10.1. The standard InChI is InChI=1S/C14H16BrN3OS/c1-3-12(14-17-4-5-20-14)18-13(19)10-6-9(15)7-11(16)8(10)2/h4-7,12H,3,16H2,1-2H3,(H,18,19). The Balaban J connectivity index is 2.24. The Morgan fingerprint density at radius 1 is 1.55 bits per heavy atom. The van der Waals surface area contributed by atoms with Gasteiger partial charge in [0, 0.05) is 27.3 Å². The Morgan fingerprint density at radius 2 is 2.30 bits per heavy atom. The Kier molecular flexibility index (Phi) is 4.77. The van der Waals surface area contributed by atoms with Crippen molar-refractivity contribution in [3.63, 3.8) is 0 Å². The van der Waals surface area contributed by atoms with Gasteiger partial charge in [0.25, 0.3) is 5.91 Å².